The lowest BCUT2D eigenvalue weighted by Gasteiger charge is -2.12. The number of nitrogens with one attached hydrogen (secondary N) is 1. The molecule has 2 heterocycles. The summed E-state index contributed by atoms with van der Waals surface area (Å²) in [6.45, 7) is 1.88. The maximum Gasteiger partial charge on any atom is 0.197 e. The molecule has 0 amide bonds. The highest BCUT2D eigenvalue weighted by atomic mass is 16.5. The Labute approximate surface area is 139 Å². The summed E-state index contributed by atoms with van der Waals surface area (Å²) in [5.74, 6) is 1.68. The molecule has 6 nitrogen and oxygen atoms in total. The molecule has 0 bridgehead atoms. The standard InChI is InChI=1S/C18H18N2O4/c1-10-15(23-3)5-11(6-16(10)24-4)18(21)13-9-19-14-7-12(22-2)8-20-17(13)14/h5-9,19H,1-4H3. The average molecular weight is 326 g/mol. The van der Waals surface area contributed by atoms with Crippen LogP contribution in [0.2, 0.25) is 0 Å². The minimum absolute atomic E-state index is 0.157. The fraction of sp³-hybridized carbons (Fsp3) is 0.222. The summed E-state index contributed by atoms with van der Waals surface area (Å²) < 4.78 is 15.8. The largest absolute Gasteiger partial charge is 0.496 e. The zero-order valence-electron chi connectivity index (χ0n) is 14.0. The number of nitrogens with zero attached hydrogens (tertiary/aromatic N) is 1. The molecular formula is C18H18N2O4. The van der Waals surface area contributed by atoms with E-state index in [1.165, 1.54) is 0 Å². The molecule has 0 fully saturated rings. The zero-order chi connectivity index (χ0) is 17.3. The lowest BCUT2D eigenvalue weighted by molar-refractivity contribution is 0.103. The van der Waals surface area contributed by atoms with E-state index >= 15 is 0 Å². The third-order valence-electron chi connectivity index (χ3n) is 3.98. The van der Waals surface area contributed by atoms with Gasteiger partial charge < -0.3 is 19.2 Å². The molecule has 0 saturated heterocycles. The molecule has 24 heavy (non-hydrogen) atoms. The number of carbonyl (C=O) groups is 1. The van der Waals surface area contributed by atoms with Gasteiger partial charge in [-0.3, -0.25) is 4.79 Å². The van der Waals surface area contributed by atoms with Crippen LogP contribution in [-0.2, 0) is 0 Å². The van der Waals surface area contributed by atoms with Gasteiger partial charge >= 0.3 is 0 Å². The summed E-state index contributed by atoms with van der Waals surface area (Å²) in [6.07, 6.45) is 3.24. The number of rotatable bonds is 5. The zero-order valence-corrected chi connectivity index (χ0v) is 14.0. The Morgan fingerprint density at radius 1 is 1.04 bits per heavy atom. The molecule has 1 aromatic carbocycles. The Morgan fingerprint density at radius 3 is 2.29 bits per heavy atom. The van der Waals surface area contributed by atoms with E-state index in [1.807, 2.05) is 6.92 Å². The van der Waals surface area contributed by atoms with E-state index in [2.05, 4.69) is 9.97 Å². The second kappa shape index (κ2) is 6.23. The fourth-order valence-corrected chi connectivity index (χ4v) is 2.65. The van der Waals surface area contributed by atoms with Crippen molar-refractivity contribution >= 4 is 16.8 Å². The normalized spacial score (nSPS) is 10.7. The third kappa shape index (κ3) is 2.56. The van der Waals surface area contributed by atoms with Gasteiger partial charge in [0.25, 0.3) is 0 Å². The molecule has 0 aliphatic heterocycles. The molecule has 124 valence electrons. The van der Waals surface area contributed by atoms with Gasteiger partial charge in [0.1, 0.15) is 17.2 Å². The summed E-state index contributed by atoms with van der Waals surface area (Å²) in [4.78, 5) is 20.3. The van der Waals surface area contributed by atoms with E-state index in [0.717, 1.165) is 11.1 Å². The van der Waals surface area contributed by atoms with Crippen molar-refractivity contribution in [3.05, 3.63) is 47.3 Å². The highest BCUT2D eigenvalue weighted by molar-refractivity contribution is 6.15. The quantitative estimate of drug-likeness (QED) is 0.729. The van der Waals surface area contributed by atoms with Gasteiger partial charge in [-0.05, 0) is 19.1 Å². The second-order valence-electron chi connectivity index (χ2n) is 5.31. The predicted molar refractivity (Wildman–Crippen MR) is 90.4 cm³/mol. The number of hydrogen-bond donors (Lipinski definition) is 1. The minimum atomic E-state index is -0.157. The summed E-state index contributed by atoms with van der Waals surface area (Å²) in [5, 5.41) is 0. The maximum atomic E-state index is 12.9. The number of ketones is 1. The molecule has 3 rings (SSSR count). The van der Waals surface area contributed by atoms with Crippen molar-refractivity contribution in [3.63, 3.8) is 0 Å². The molecule has 1 N–H and O–H groups in total. The maximum absolute atomic E-state index is 12.9. The number of ether oxygens (including phenoxy) is 3. The Kier molecular flexibility index (Phi) is 4.12. The van der Waals surface area contributed by atoms with Gasteiger partial charge in [0.15, 0.2) is 5.78 Å². The second-order valence-corrected chi connectivity index (χ2v) is 5.31. The Morgan fingerprint density at radius 2 is 1.71 bits per heavy atom. The monoisotopic (exact) mass is 326 g/mol. The number of benzene rings is 1. The van der Waals surface area contributed by atoms with Crippen molar-refractivity contribution < 1.29 is 19.0 Å². The summed E-state index contributed by atoms with van der Waals surface area (Å²) in [5.41, 5.74) is 3.15. The van der Waals surface area contributed by atoms with E-state index in [0.29, 0.717) is 33.9 Å². The molecule has 3 aromatic rings. The van der Waals surface area contributed by atoms with Gasteiger partial charge in [0, 0.05) is 23.4 Å². The highest BCUT2D eigenvalue weighted by Crippen LogP contribution is 2.31. The van der Waals surface area contributed by atoms with Crippen LogP contribution >= 0.6 is 0 Å². The van der Waals surface area contributed by atoms with Crippen molar-refractivity contribution in [1.82, 2.24) is 9.97 Å². The van der Waals surface area contributed by atoms with Crippen molar-refractivity contribution in [2.24, 2.45) is 0 Å². The lowest BCUT2D eigenvalue weighted by Crippen LogP contribution is -2.04. The Hall–Kier alpha value is -3.02. The van der Waals surface area contributed by atoms with Gasteiger partial charge in [-0.2, -0.15) is 0 Å². The van der Waals surface area contributed by atoms with Crippen molar-refractivity contribution in [2.45, 2.75) is 6.92 Å². The first-order valence-electron chi connectivity index (χ1n) is 7.37. The van der Waals surface area contributed by atoms with Crippen LogP contribution in [0.15, 0.2) is 30.6 Å². The molecule has 0 aliphatic carbocycles. The number of carbonyl (C=O) groups excluding carboxylic acids is 1. The topological polar surface area (TPSA) is 73.4 Å². The summed E-state index contributed by atoms with van der Waals surface area (Å²) in [7, 11) is 4.70. The summed E-state index contributed by atoms with van der Waals surface area (Å²) >= 11 is 0. The number of aromatic amines is 1. The Balaban J connectivity index is 2.09. The first-order chi connectivity index (χ1) is 11.6. The Bertz CT molecular complexity index is 890. The van der Waals surface area contributed by atoms with Crippen LogP contribution in [0.1, 0.15) is 21.5 Å². The third-order valence-corrected chi connectivity index (χ3v) is 3.98. The smallest absolute Gasteiger partial charge is 0.197 e. The highest BCUT2D eigenvalue weighted by Gasteiger charge is 2.19. The van der Waals surface area contributed by atoms with E-state index in [9.17, 15) is 4.79 Å². The van der Waals surface area contributed by atoms with Gasteiger partial charge in [0.05, 0.1) is 44.1 Å². The number of pyridine rings is 1. The van der Waals surface area contributed by atoms with Crippen LogP contribution in [0.4, 0.5) is 0 Å². The molecule has 0 aliphatic rings. The number of methoxy groups -OCH3 is 3. The molecule has 0 spiro atoms. The first kappa shape index (κ1) is 15.9. The lowest BCUT2D eigenvalue weighted by atomic mass is 10.0. The minimum Gasteiger partial charge on any atom is -0.496 e. The SMILES string of the molecule is COc1cnc2c(C(=O)c3cc(OC)c(C)c(OC)c3)c[nH]c2c1. The molecule has 0 saturated carbocycles. The molecule has 0 atom stereocenters. The van der Waals surface area contributed by atoms with E-state index in [4.69, 9.17) is 14.2 Å². The van der Waals surface area contributed by atoms with E-state index in [-0.39, 0.29) is 5.78 Å². The van der Waals surface area contributed by atoms with Gasteiger partial charge in [-0.15, -0.1) is 0 Å². The van der Waals surface area contributed by atoms with Gasteiger partial charge in [-0.1, -0.05) is 0 Å². The molecule has 2 aromatic heterocycles. The van der Waals surface area contributed by atoms with Crippen LogP contribution in [0.25, 0.3) is 11.0 Å². The molecular weight excluding hydrogens is 308 g/mol. The summed E-state index contributed by atoms with van der Waals surface area (Å²) in [6, 6.07) is 5.22. The van der Waals surface area contributed by atoms with E-state index in [1.54, 1.807) is 51.9 Å². The van der Waals surface area contributed by atoms with Crippen molar-refractivity contribution in [2.75, 3.05) is 21.3 Å². The number of aromatic nitrogens is 2. The van der Waals surface area contributed by atoms with Crippen molar-refractivity contribution in [1.29, 1.82) is 0 Å². The molecule has 0 radical (unpaired) electrons. The fourth-order valence-electron chi connectivity index (χ4n) is 2.65. The average Bonchev–Trinajstić information content (AvgIpc) is 3.04. The van der Waals surface area contributed by atoms with E-state index < -0.39 is 0 Å². The van der Waals surface area contributed by atoms with Crippen LogP contribution in [0.3, 0.4) is 0 Å². The first-order valence-corrected chi connectivity index (χ1v) is 7.37. The number of H-pyrrole nitrogens is 1. The van der Waals surface area contributed by atoms with Crippen LogP contribution in [-0.4, -0.2) is 37.1 Å². The van der Waals surface area contributed by atoms with Crippen LogP contribution in [0.5, 0.6) is 17.2 Å². The van der Waals surface area contributed by atoms with Gasteiger partial charge in [-0.25, -0.2) is 4.98 Å². The number of hydrogen-bond acceptors (Lipinski definition) is 5. The van der Waals surface area contributed by atoms with Crippen LogP contribution in [0, 0.1) is 6.92 Å². The van der Waals surface area contributed by atoms with Crippen molar-refractivity contribution in [3.8, 4) is 17.2 Å². The number of fused-ring (bicyclic) bond motifs is 1. The predicted octanol–water partition coefficient (Wildman–Crippen LogP) is 3.13. The van der Waals surface area contributed by atoms with Gasteiger partial charge in [0.2, 0.25) is 0 Å². The molecule has 6 heteroatoms. The molecule has 0 unspecified atom stereocenters. The van der Waals surface area contributed by atoms with Crippen LogP contribution < -0.4 is 14.2 Å².